The Bertz CT molecular complexity index is 541. The first-order chi connectivity index (χ1) is 7.74. The second kappa shape index (κ2) is 5.11. The summed E-state index contributed by atoms with van der Waals surface area (Å²) in [5.74, 6) is -0.269. The highest BCUT2D eigenvalue weighted by atomic mass is 16.2. The molecule has 0 bridgehead atoms. The quantitative estimate of drug-likeness (QED) is 0.733. The van der Waals surface area contributed by atoms with Gasteiger partial charge in [0.15, 0.2) is 5.65 Å². The summed E-state index contributed by atoms with van der Waals surface area (Å²) in [5, 5.41) is 8.50. The minimum atomic E-state index is -0.356. The number of pyridine rings is 1. The summed E-state index contributed by atoms with van der Waals surface area (Å²) in [6.45, 7) is 4.00. The molecule has 0 aromatic carbocycles. The standard InChI is InChI=1S/C8H8N4O2.C2H6/c1-9-7(13)5-3-2-4-12-6(5)10-11-8(12)14;1-2/h2-4H,1H3,(H,9,13)(H,11,14);1-2H3. The minimum Gasteiger partial charge on any atom is -0.355 e. The van der Waals surface area contributed by atoms with E-state index in [4.69, 9.17) is 0 Å². The molecule has 0 radical (unpaired) electrons. The molecule has 0 fully saturated rings. The summed E-state index contributed by atoms with van der Waals surface area (Å²) in [4.78, 5) is 22.5. The number of rotatable bonds is 1. The zero-order valence-corrected chi connectivity index (χ0v) is 9.44. The van der Waals surface area contributed by atoms with Crippen molar-refractivity contribution in [2.75, 3.05) is 7.05 Å². The van der Waals surface area contributed by atoms with E-state index in [9.17, 15) is 9.59 Å². The lowest BCUT2D eigenvalue weighted by Crippen LogP contribution is -2.19. The predicted octanol–water partition coefficient (Wildman–Crippen LogP) is 0.408. The average Bonchev–Trinajstić information content (AvgIpc) is 2.73. The van der Waals surface area contributed by atoms with Crippen molar-refractivity contribution in [1.29, 1.82) is 0 Å². The smallest absolute Gasteiger partial charge is 0.347 e. The molecule has 2 N–H and O–H groups in total. The van der Waals surface area contributed by atoms with Crippen LogP contribution in [0.4, 0.5) is 0 Å². The number of aromatic amines is 1. The molecular formula is C10H14N4O2. The van der Waals surface area contributed by atoms with Gasteiger partial charge in [-0.15, -0.1) is 0 Å². The molecule has 0 atom stereocenters. The number of amides is 1. The fourth-order valence-electron chi connectivity index (χ4n) is 1.24. The molecule has 6 nitrogen and oxygen atoms in total. The largest absolute Gasteiger partial charge is 0.355 e. The third kappa shape index (κ3) is 1.95. The van der Waals surface area contributed by atoms with E-state index in [0.29, 0.717) is 11.2 Å². The van der Waals surface area contributed by atoms with Crippen LogP contribution in [0, 0.1) is 0 Å². The Morgan fingerprint density at radius 3 is 2.81 bits per heavy atom. The Morgan fingerprint density at radius 1 is 1.50 bits per heavy atom. The van der Waals surface area contributed by atoms with Crippen LogP contribution in [-0.2, 0) is 0 Å². The molecular weight excluding hydrogens is 208 g/mol. The number of H-pyrrole nitrogens is 1. The van der Waals surface area contributed by atoms with Crippen molar-refractivity contribution in [3.63, 3.8) is 0 Å². The van der Waals surface area contributed by atoms with E-state index < -0.39 is 0 Å². The number of hydrogen-bond donors (Lipinski definition) is 2. The molecule has 0 saturated heterocycles. The summed E-state index contributed by atoms with van der Waals surface area (Å²) in [6.07, 6.45) is 1.55. The van der Waals surface area contributed by atoms with Crippen LogP contribution in [0.3, 0.4) is 0 Å². The van der Waals surface area contributed by atoms with Gasteiger partial charge in [0.1, 0.15) is 0 Å². The van der Waals surface area contributed by atoms with Crippen molar-refractivity contribution in [3.8, 4) is 0 Å². The monoisotopic (exact) mass is 222 g/mol. The van der Waals surface area contributed by atoms with Gasteiger partial charge >= 0.3 is 5.69 Å². The summed E-state index contributed by atoms with van der Waals surface area (Å²) in [5.41, 5.74) is 0.343. The molecule has 86 valence electrons. The lowest BCUT2D eigenvalue weighted by molar-refractivity contribution is 0.0964. The third-order valence-electron chi connectivity index (χ3n) is 1.92. The summed E-state index contributed by atoms with van der Waals surface area (Å²) in [6, 6.07) is 3.23. The Kier molecular flexibility index (Phi) is 3.82. The van der Waals surface area contributed by atoms with Crippen LogP contribution in [-0.4, -0.2) is 27.6 Å². The number of nitrogens with one attached hydrogen (secondary N) is 2. The number of fused-ring (bicyclic) bond motifs is 1. The van der Waals surface area contributed by atoms with Crippen LogP contribution in [0.1, 0.15) is 24.2 Å². The van der Waals surface area contributed by atoms with Crippen molar-refractivity contribution >= 4 is 11.6 Å². The molecule has 2 aromatic rings. The van der Waals surface area contributed by atoms with E-state index in [-0.39, 0.29) is 11.6 Å². The van der Waals surface area contributed by atoms with Crippen LogP contribution >= 0.6 is 0 Å². The van der Waals surface area contributed by atoms with Gasteiger partial charge in [0.05, 0.1) is 5.56 Å². The van der Waals surface area contributed by atoms with Gasteiger partial charge in [0.2, 0.25) is 0 Å². The topological polar surface area (TPSA) is 79.3 Å². The molecule has 0 aliphatic rings. The second-order valence-corrected chi connectivity index (χ2v) is 2.72. The molecule has 0 spiro atoms. The first-order valence-corrected chi connectivity index (χ1v) is 5.02. The fourth-order valence-corrected chi connectivity index (χ4v) is 1.24. The molecule has 6 heteroatoms. The van der Waals surface area contributed by atoms with Gasteiger partial charge in [-0.2, -0.15) is 5.10 Å². The Balaban J connectivity index is 0.000000606. The van der Waals surface area contributed by atoms with Gasteiger partial charge < -0.3 is 5.32 Å². The van der Waals surface area contributed by atoms with Crippen LogP contribution in [0.25, 0.3) is 5.65 Å². The molecule has 2 rings (SSSR count). The van der Waals surface area contributed by atoms with E-state index in [1.165, 1.54) is 11.4 Å². The van der Waals surface area contributed by atoms with Crippen molar-refractivity contribution in [2.45, 2.75) is 13.8 Å². The number of aromatic nitrogens is 3. The molecule has 2 aromatic heterocycles. The van der Waals surface area contributed by atoms with Crippen LogP contribution in [0.2, 0.25) is 0 Å². The van der Waals surface area contributed by atoms with Gasteiger partial charge in [0, 0.05) is 13.2 Å². The molecule has 0 aliphatic carbocycles. The maximum absolute atomic E-state index is 11.4. The van der Waals surface area contributed by atoms with Crippen molar-refractivity contribution in [2.24, 2.45) is 0 Å². The Morgan fingerprint density at radius 2 is 2.19 bits per heavy atom. The fraction of sp³-hybridized carbons (Fsp3) is 0.300. The summed E-state index contributed by atoms with van der Waals surface area (Å²) >= 11 is 0. The lowest BCUT2D eigenvalue weighted by Gasteiger charge is -1.99. The number of hydrogen-bond acceptors (Lipinski definition) is 3. The highest BCUT2D eigenvalue weighted by Crippen LogP contribution is 2.04. The van der Waals surface area contributed by atoms with Gasteiger partial charge in [-0.3, -0.25) is 4.79 Å². The highest BCUT2D eigenvalue weighted by Gasteiger charge is 2.10. The number of carbonyl (C=O) groups excluding carboxylic acids is 1. The van der Waals surface area contributed by atoms with Crippen molar-refractivity contribution < 1.29 is 4.79 Å². The van der Waals surface area contributed by atoms with E-state index in [1.807, 2.05) is 13.8 Å². The van der Waals surface area contributed by atoms with Crippen LogP contribution in [0.15, 0.2) is 23.1 Å². The minimum absolute atomic E-state index is 0.269. The predicted molar refractivity (Wildman–Crippen MR) is 60.6 cm³/mol. The van der Waals surface area contributed by atoms with Crippen molar-refractivity contribution in [1.82, 2.24) is 19.9 Å². The van der Waals surface area contributed by atoms with Gasteiger partial charge in [-0.25, -0.2) is 14.3 Å². The van der Waals surface area contributed by atoms with E-state index in [1.54, 1.807) is 18.3 Å². The van der Waals surface area contributed by atoms with Gasteiger partial charge in [-0.1, -0.05) is 13.8 Å². The van der Waals surface area contributed by atoms with Gasteiger partial charge in [0.25, 0.3) is 5.91 Å². The number of carbonyl (C=O) groups is 1. The van der Waals surface area contributed by atoms with Crippen molar-refractivity contribution in [3.05, 3.63) is 34.4 Å². The van der Waals surface area contributed by atoms with Crippen LogP contribution in [0.5, 0.6) is 0 Å². The normalized spacial score (nSPS) is 9.44. The Hall–Kier alpha value is -2.11. The molecule has 0 saturated carbocycles. The highest BCUT2D eigenvalue weighted by molar-refractivity contribution is 5.99. The summed E-state index contributed by atoms with van der Waals surface area (Å²) in [7, 11) is 1.52. The molecule has 16 heavy (non-hydrogen) atoms. The first-order valence-electron chi connectivity index (χ1n) is 5.02. The van der Waals surface area contributed by atoms with E-state index >= 15 is 0 Å². The zero-order valence-electron chi connectivity index (χ0n) is 9.44. The molecule has 0 unspecified atom stereocenters. The molecule has 1 amide bonds. The summed E-state index contributed by atoms with van der Waals surface area (Å²) < 4.78 is 1.28. The van der Waals surface area contributed by atoms with Gasteiger partial charge in [-0.05, 0) is 12.1 Å². The maximum Gasteiger partial charge on any atom is 0.347 e. The zero-order chi connectivity index (χ0) is 12.1. The number of nitrogens with zero attached hydrogens (tertiary/aromatic N) is 2. The van der Waals surface area contributed by atoms with E-state index in [0.717, 1.165) is 0 Å². The molecule has 2 heterocycles. The molecule has 0 aliphatic heterocycles. The maximum atomic E-state index is 11.4. The lowest BCUT2D eigenvalue weighted by atomic mass is 10.2. The van der Waals surface area contributed by atoms with E-state index in [2.05, 4.69) is 15.5 Å². The van der Waals surface area contributed by atoms with Crippen LogP contribution < -0.4 is 11.0 Å². The third-order valence-corrected chi connectivity index (χ3v) is 1.92. The Labute approximate surface area is 92.3 Å². The SMILES string of the molecule is CC.CNC(=O)c1cccn2c(=O)[nH]nc12. The average molecular weight is 222 g/mol. The first kappa shape index (κ1) is 12.0. The second-order valence-electron chi connectivity index (χ2n) is 2.72.